The Morgan fingerprint density at radius 2 is 2.20 bits per heavy atom. The van der Waals surface area contributed by atoms with Crippen LogP contribution in [0.3, 0.4) is 0 Å². The van der Waals surface area contributed by atoms with Gasteiger partial charge in [-0.15, -0.1) is 11.3 Å². The van der Waals surface area contributed by atoms with Gasteiger partial charge in [0.15, 0.2) is 0 Å². The van der Waals surface area contributed by atoms with Crippen LogP contribution in [0.25, 0.3) is 10.2 Å². The summed E-state index contributed by atoms with van der Waals surface area (Å²) >= 11 is 1.74. The first-order valence-electron chi connectivity index (χ1n) is 7.30. The van der Waals surface area contributed by atoms with Crippen molar-refractivity contribution in [3.63, 3.8) is 0 Å². The molecule has 3 heterocycles. The molecule has 20 heavy (non-hydrogen) atoms. The highest BCUT2D eigenvalue weighted by molar-refractivity contribution is 7.17. The summed E-state index contributed by atoms with van der Waals surface area (Å²) in [7, 11) is 4.38. The number of fused-ring (bicyclic) bond motifs is 1. The Hall–Kier alpha value is -1.20. The molecule has 5 heteroatoms. The average molecular weight is 290 g/mol. The van der Waals surface area contributed by atoms with Crippen LogP contribution in [0.1, 0.15) is 19.8 Å². The Labute approximate surface area is 124 Å². The SMILES string of the molecule is CCC[C@@H]1CN(c2ncnc3ccsc23)C[C@H]1N(C)C. The number of likely N-dealkylation sites (N-methyl/N-ethyl adjacent to an activating group) is 1. The van der Waals surface area contributed by atoms with Crippen LogP contribution >= 0.6 is 11.3 Å². The van der Waals surface area contributed by atoms with Crippen LogP contribution in [0.15, 0.2) is 17.8 Å². The van der Waals surface area contributed by atoms with E-state index in [1.54, 1.807) is 17.7 Å². The Balaban J connectivity index is 1.90. The Morgan fingerprint density at radius 3 is 2.95 bits per heavy atom. The predicted octanol–water partition coefficient (Wildman–Crippen LogP) is 2.86. The maximum Gasteiger partial charge on any atom is 0.150 e. The molecule has 3 rings (SSSR count). The van der Waals surface area contributed by atoms with E-state index in [4.69, 9.17) is 0 Å². The second-order valence-corrected chi connectivity index (χ2v) is 6.73. The van der Waals surface area contributed by atoms with Gasteiger partial charge in [-0.1, -0.05) is 13.3 Å². The zero-order valence-electron chi connectivity index (χ0n) is 12.4. The molecule has 2 aromatic rings. The first-order valence-corrected chi connectivity index (χ1v) is 8.18. The van der Waals surface area contributed by atoms with E-state index in [1.165, 1.54) is 17.5 Å². The van der Waals surface area contributed by atoms with Gasteiger partial charge in [0, 0.05) is 19.1 Å². The third-order valence-corrected chi connectivity index (χ3v) is 5.15. The second-order valence-electron chi connectivity index (χ2n) is 5.82. The summed E-state index contributed by atoms with van der Waals surface area (Å²) in [5.74, 6) is 1.86. The number of thiophene rings is 1. The molecule has 0 saturated carbocycles. The highest BCUT2D eigenvalue weighted by atomic mass is 32.1. The minimum atomic E-state index is 0.625. The van der Waals surface area contributed by atoms with Crippen molar-refractivity contribution in [1.82, 2.24) is 14.9 Å². The van der Waals surface area contributed by atoms with Crippen molar-refractivity contribution in [3.8, 4) is 0 Å². The normalized spacial score (nSPS) is 23.1. The van der Waals surface area contributed by atoms with Crippen molar-refractivity contribution in [1.29, 1.82) is 0 Å². The molecule has 0 N–H and O–H groups in total. The van der Waals surface area contributed by atoms with Gasteiger partial charge in [0.1, 0.15) is 12.1 Å². The van der Waals surface area contributed by atoms with Crippen LogP contribution in [0, 0.1) is 5.92 Å². The van der Waals surface area contributed by atoms with Crippen molar-refractivity contribution < 1.29 is 0 Å². The van der Waals surface area contributed by atoms with Gasteiger partial charge in [-0.2, -0.15) is 0 Å². The van der Waals surface area contributed by atoms with Crippen molar-refractivity contribution in [2.75, 3.05) is 32.1 Å². The fraction of sp³-hybridized carbons (Fsp3) is 0.600. The second kappa shape index (κ2) is 5.66. The number of hydrogen-bond donors (Lipinski definition) is 0. The number of nitrogens with zero attached hydrogens (tertiary/aromatic N) is 4. The predicted molar refractivity (Wildman–Crippen MR) is 85.5 cm³/mol. The Bertz CT molecular complexity index is 580. The van der Waals surface area contributed by atoms with E-state index in [9.17, 15) is 0 Å². The van der Waals surface area contributed by atoms with E-state index < -0.39 is 0 Å². The van der Waals surface area contributed by atoms with E-state index >= 15 is 0 Å². The van der Waals surface area contributed by atoms with Gasteiger partial charge in [0.2, 0.25) is 0 Å². The van der Waals surface area contributed by atoms with Crippen LogP contribution in [0.5, 0.6) is 0 Å². The molecule has 0 unspecified atom stereocenters. The fourth-order valence-corrected chi connectivity index (χ4v) is 4.13. The Kier molecular flexibility index (Phi) is 3.89. The van der Waals surface area contributed by atoms with Crippen LogP contribution in [-0.4, -0.2) is 48.1 Å². The lowest BCUT2D eigenvalue weighted by Crippen LogP contribution is -2.35. The van der Waals surface area contributed by atoms with E-state index in [0.717, 1.165) is 30.3 Å². The molecule has 2 aromatic heterocycles. The van der Waals surface area contributed by atoms with Gasteiger partial charge >= 0.3 is 0 Å². The average Bonchev–Trinajstić information content (AvgIpc) is 3.04. The van der Waals surface area contributed by atoms with E-state index in [-0.39, 0.29) is 0 Å². The van der Waals surface area contributed by atoms with Gasteiger partial charge in [-0.25, -0.2) is 9.97 Å². The molecule has 0 spiro atoms. The van der Waals surface area contributed by atoms with Gasteiger partial charge in [-0.3, -0.25) is 0 Å². The summed E-state index contributed by atoms with van der Waals surface area (Å²) in [5.41, 5.74) is 1.07. The van der Waals surface area contributed by atoms with Crippen molar-refractivity contribution in [2.24, 2.45) is 5.92 Å². The minimum absolute atomic E-state index is 0.625. The third-order valence-electron chi connectivity index (χ3n) is 4.25. The molecule has 2 atom stereocenters. The lowest BCUT2D eigenvalue weighted by atomic mass is 9.98. The van der Waals surface area contributed by atoms with Crippen LogP contribution in [-0.2, 0) is 0 Å². The lowest BCUT2D eigenvalue weighted by Gasteiger charge is -2.24. The summed E-state index contributed by atoms with van der Waals surface area (Å²) in [6.45, 7) is 4.46. The summed E-state index contributed by atoms with van der Waals surface area (Å²) in [5, 5.41) is 2.10. The molecule has 0 amide bonds. The first-order chi connectivity index (χ1) is 9.70. The summed E-state index contributed by atoms with van der Waals surface area (Å²) < 4.78 is 1.22. The zero-order valence-corrected chi connectivity index (χ0v) is 13.2. The number of hydrogen-bond acceptors (Lipinski definition) is 5. The monoisotopic (exact) mass is 290 g/mol. The molecular weight excluding hydrogens is 268 g/mol. The maximum absolute atomic E-state index is 4.56. The summed E-state index contributed by atoms with van der Waals surface area (Å²) in [6.07, 6.45) is 4.24. The van der Waals surface area contributed by atoms with Crippen LogP contribution in [0.2, 0.25) is 0 Å². The smallest absolute Gasteiger partial charge is 0.150 e. The van der Waals surface area contributed by atoms with Gasteiger partial charge in [-0.05, 0) is 37.9 Å². The first kappa shape index (κ1) is 13.8. The molecule has 0 radical (unpaired) electrons. The topological polar surface area (TPSA) is 32.3 Å². The molecule has 0 aromatic carbocycles. The van der Waals surface area contributed by atoms with Crippen molar-refractivity contribution in [3.05, 3.63) is 17.8 Å². The maximum atomic E-state index is 4.56. The van der Waals surface area contributed by atoms with Gasteiger partial charge in [0.05, 0.1) is 10.2 Å². The standard InChI is InChI=1S/C15H22N4S/c1-4-5-11-8-19(9-13(11)18(2)3)15-14-12(6-7-20-14)16-10-17-15/h6-7,10-11,13H,4-5,8-9H2,1-3H3/t11-,13-/m1/s1. The molecule has 1 saturated heterocycles. The molecule has 0 bridgehead atoms. The van der Waals surface area contributed by atoms with Gasteiger partial charge in [0.25, 0.3) is 0 Å². The van der Waals surface area contributed by atoms with Crippen molar-refractivity contribution in [2.45, 2.75) is 25.8 Å². The highest BCUT2D eigenvalue weighted by Crippen LogP contribution is 2.33. The van der Waals surface area contributed by atoms with E-state index in [2.05, 4.69) is 52.2 Å². The van der Waals surface area contributed by atoms with Crippen LogP contribution in [0.4, 0.5) is 5.82 Å². The summed E-state index contributed by atoms with van der Waals surface area (Å²) in [4.78, 5) is 13.7. The molecule has 4 nitrogen and oxygen atoms in total. The number of rotatable bonds is 4. The highest BCUT2D eigenvalue weighted by Gasteiger charge is 2.34. The molecule has 0 aliphatic carbocycles. The fourth-order valence-electron chi connectivity index (χ4n) is 3.27. The minimum Gasteiger partial charge on any atom is -0.353 e. The van der Waals surface area contributed by atoms with Crippen LogP contribution < -0.4 is 4.90 Å². The Morgan fingerprint density at radius 1 is 1.35 bits per heavy atom. The molecular formula is C15H22N4S. The lowest BCUT2D eigenvalue weighted by molar-refractivity contribution is 0.246. The molecule has 108 valence electrons. The van der Waals surface area contributed by atoms with Crippen molar-refractivity contribution >= 4 is 27.4 Å². The third kappa shape index (κ3) is 2.40. The number of anilines is 1. The number of aromatic nitrogens is 2. The molecule has 1 aliphatic heterocycles. The zero-order chi connectivity index (χ0) is 14.1. The largest absolute Gasteiger partial charge is 0.353 e. The molecule has 1 fully saturated rings. The van der Waals surface area contributed by atoms with E-state index in [0.29, 0.717) is 6.04 Å². The molecule has 1 aliphatic rings. The van der Waals surface area contributed by atoms with Gasteiger partial charge < -0.3 is 9.80 Å². The summed E-state index contributed by atoms with van der Waals surface area (Å²) in [6, 6.07) is 2.70. The van der Waals surface area contributed by atoms with E-state index in [1.807, 2.05) is 0 Å². The quantitative estimate of drug-likeness (QED) is 0.867.